The summed E-state index contributed by atoms with van der Waals surface area (Å²) in [5.41, 5.74) is 0.998. The van der Waals surface area contributed by atoms with Gasteiger partial charge in [-0.05, 0) is 65.6 Å². The van der Waals surface area contributed by atoms with E-state index in [9.17, 15) is 0 Å². The summed E-state index contributed by atoms with van der Waals surface area (Å²) >= 11 is 8.10. The fourth-order valence-electron chi connectivity index (χ4n) is 2.81. The van der Waals surface area contributed by atoms with Crippen LogP contribution in [0.4, 0.5) is 5.95 Å². The molecule has 0 atom stereocenters. The summed E-state index contributed by atoms with van der Waals surface area (Å²) in [4.78, 5) is 26.1. The molecule has 1 aliphatic heterocycles. The molecule has 10 nitrogen and oxygen atoms in total. The Morgan fingerprint density at radius 2 is 1.47 bits per heavy atom. The van der Waals surface area contributed by atoms with Gasteiger partial charge in [-0.2, -0.15) is 0 Å². The van der Waals surface area contributed by atoms with Crippen LogP contribution in [0.3, 0.4) is 0 Å². The van der Waals surface area contributed by atoms with E-state index in [2.05, 4.69) is 40.5 Å². The molecule has 1 aromatic carbocycles. The van der Waals surface area contributed by atoms with Gasteiger partial charge in [0.1, 0.15) is 10.1 Å². The van der Waals surface area contributed by atoms with Crippen LogP contribution in [-0.4, -0.2) is 41.8 Å². The van der Waals surface area contributed by atoms with Crippen LogP contribution in [0.1, 0.15) is 5.56 Å². The summed E-state index contributed by atoms with van der Waals surface area (Å²) in [5.74, 6) is 1.80. The molecule has 0 radical (unpaired) electrons. The van der Waals surface area contributed by atoms with E-state index in [1.54, 1.807) is 36.9 Å². The summed E-state index contributed by atoms with van der Waals surface area (Å²) in [6.07, 6.45) is 6.72. The zero-order valence-electron chi connectivity index (χ0n) is 17.4. The highest BCUT2D eigenvalue weighted by molar-refractivity contribution is 7.99. The first kappa shape index (κ1) is 22.3. The molecule has 0 unspecified atom stereocenters. The highest BCUT2D eigenvalue weighted by Crippen LogP contribution is 2.32. The highest BCUT2D eigenvalue weighted by atomic mass is 32.2. The molecule has 34 heavy (non-hydrogen) atoms. The third-order valence-corrected chi connectivity index (χ3v) is 6.14. The largest absolute Gasteiger partial charge is 0.454 e. The Hall–Kier alpha value is -3.55. The third kappa shape index (κ3) is 5.87. The van der Waals surface area contributed by atoms with Crippen LogP contribution in [0.15, 0.2) is 81.6 Å². The molecule has 1 aliphatic rings. The maximum atomic E-state index is 5.46. The molecule has 13 heteroatoms. The summed E-state index contributed by atoms with van der Waals surface area (Å²) in [5, 5.41) is 9.04. The number of thiocarbonyl (C=S) groups is 1. The van der Waals surface area contributed by atoms with Crippen molar-refractivity contribution in [1.82, 2.24) is 35.2 Å². The van der Waals surface area contributed by atoms with E-state index >= 15 is 0 Å². The van der Waals surface area contributed by atoms with Gasteiger partial charge in [0.2, 0.25) is 12.7 Å². The second-order valence-corrected chi connectivity index (χ2v) is 9.01. The molecule has 0 aliphatic carbocycles. The molecule has 0 spiro atoms. The van der Waals surface area contributed by atoms with E-state index in [0.717, 1.165) is 17.1 Å². The second kappa shape index (κ2) is 10.6. The van der Waals surface area contributed by atoms with Crippen molar-refractivity contribution in [3.63, 3.8) is 0 Å². The van der Waals surface area contributed by atoms with Gasteiger partial charge in [0, 0.05) is 37.4 Å². The van der Waals surface area contributed by atoms with Gasteiger partial charge in [-0.25, -0.2) is 29.9 Å². The topological polar surface area (TPSA) is 120 Å². The van der Waals surface area contributed by atoms with Gasteiger partial charge in [0.05, 0.1) is 0 Å². The van der Waals surface area contributed by atoms with Gasteiger partial charge in [0.15, 0.2) is 26.9 Å². The smallest absolute Gasteiger partial charge is 0.231 e. The van der Waals surface area contributed by atoms with Gasteiger partial charge in [-0.1, -0.05) is 6.07 Å². The maximum absolute atomic E-state index is 5.46. The normalized spacial score (nSPS) is 11.8. The van der Waals surface area contributed by atoms with Crippen LogP contribution in [0.25, 0.3) is 0 Å². The molecule has 4 aromatic rings. The lowest BCUT2D eigenvalue weighted by molar-refractivity contribution is 0.174. The number of rotatable bonds is 7. The maximum Gasteiger partial charge on any atom is 0.231 e. The molecule has 0 fully saturated rings. The first-order valence-corrected chi connectivity index (χ1v) is 12.0. The fourth-order valence-corrected chi connectivity index (χ4v) is 4.48. The predicted octanol–water partition coefficient (Wildman–Crippen LogP) is 3.57. The van der Waals surface area contributed by atoms with Crippen LogP contribution in [0, 0.1) is 0 Å². The average Bonchev–Trinajstić information content (AvgIpc) is 3.32. The zero-order chi connectivity index (χ0) is 23.2. The summed E-state index contributed by atoms with van der Waals surface area (Å²) < 4.78 is 10.8. The Morgan fingerprint density at radius 1 is 0.853 bits per heavy atom. The van der Waals surface area contributed by atoms with E-state index in [4.69, 9.17) is 21.7 Å². The SMILES string of the molecule is S=C(NCc1ccc2c(c1)OCO2)Nc1nc(Sc2ncccn2)cc(Sc2ncccn2)n1. The van der Waals surface area contributed by atoms with Gasteiger partial charge in [-0.15, -0.1) is 0 Å². The summed E-state index contributed by atoms with van der Waals surface area (Å²) in [6, 6.07) is 11.1. The van der Waals surface area contributed by atoms with Crippen molar-refractivity contribution in [3.8, 4) is 11.5 Å². The quantitative estimate of drug-likeness (QED) is 0.215. The molecule has 0 bridgehead atoms. The van der Waals surface area contributed by atoms with E-state index in [-0.39, 0.29) is 6.79 Å². The van der Waals surface area contributed by atoms with Crippen LogP contribution in [0.2, 0.25) is 0 Å². The van der Waals surface area contributed by atoms with Crippen LogP contribution < -0.4 is 20.1 Å². The average molecular weight is 509 g/mol. The number of fused-ring (bicyclic) bond motifs is 1. The van der Waals surface area contributed by atoms with E-state index in [1.807, 2.05) is 24.3 Å². The van der Waals surface area contributed by atoms with Crippen LogP contribution >= 0.6 is 35.7 Å². The van der Waals surface area contributed by atoms with Crippen LogP contribution in [-0.2, 0) is 6.54 Å². The number of ether oxygens (including phenoxy) is 2. The lowest BCUT2D eigenvalue weighted by Gasteiger charge is -2.11. The number of anilines is 1. The molecular formula is C21H16N8O2S3. The second-order valence-electron chi connectivity index (χ2n) is 6.63. The molecular weight excluding hydrogens is 492 g/mol. The van der Waals surface area contributed by atoms with Gasteiger partial charge in [-0.3, -0.25) is 0 Å². The summed E-state index contributed by atoms with van der Waals surface area (Å²) in [7, 11) is 0. The van der Waals surface area contributed by atoms with Crippen LogP contribution in [0.5, 0.6) is 11.5 Å². The molecule has 0 amide bonds. The van der Waals surface area contributed by atoms with E-state index in [0.29, 0.717) is 38.0 Å². The Balaban J connectivity index is 1.30. The van der Waals surface area contributed by atoms with Crippen molar-refractivity contribution >= 4 is 46.8 Å². The van der Waals surface area contributed by atoms with Gasteiger partial charge < -0.3 is 20.1 Å². The number of nitrogens with one attached hydrogen (secondary N) is 2. The van der Waals surface area contributed by atoms with Crippen molar-refractivity contribution in [2.75, 3.05) is 12.1 Å². The van der Waals surface area contributed by atoms with E-state index in [1.165, 1.54) is 23.5 Å². The molecule has 0 saturated heterocycles. The Kier molecular flexibility index (Phi) is 6.93. The van der Waals surface area contributed by atoms with Crippen molar-refractivity contribution in [1.29, 1.82) is 0 Å². The van der Waals surface area contributed by atoms with Crippen molar-refractivity contribution in [3.05, 3.63) is 66.7 Å². The summed E-state index contributed by atoms with van der Waals surface area (Å²) in [6.45, 7) is 0.731. The Bertz CT molecular complexity index is 1240. The predicted molar refractivity (Wildman–Crippen MR) is 130 cm³/mol. The first-order chi connectivity index (χ1) is 16.7. The molecule has 4 heterocycles. The lowest BCUT2D eigenvalue weighted by atomic mass is 10.2. The zero-order valence-corrected chi connectivity index (χ0v) is 19.9. The van der Waals surface area contributed by atoms with Gasteiger partial charge >= 0.3 is 0 Å². The third-order valence-electron chi connectivity index (χ3n) is 4.27. The Labute approximate surface area is 208 Å². The first-order valence-electron chi connectivity index (χ1n) is 9.93. The monoisotopic (exact) mass is 508 g/mol. The molecule has 3 aromatic heterocycles. The minimum Gasteiger partial charge on any atom is -0.454 e. The van der Waals surface area contributed by atoms with Crippen molar-refractivity contribution in [2.24, 2.45) is 0 Å². The number of hydrogen-bond donors (Lipinski definition) is 2. The lowest BCUT2D eigenvalue weighted by Crippen LogP contribution is -2.28. The minimum atomic E-state index is 0.236. The molecule has 2 N–H and O–H groups in total. The molecule has 0 saturated carbocycles. The standard InChI is InChI=1S/C21H16N8O2S3/c32-19(26-11-13-3-4-14-15(9-13)31-12-30-14)29-18-27-16(33-20-22-5-1-6-23-20)10-17(28-18)34-21-24-7-2-8-25-21/h1-10H,11-12H2,(H2,26,27,28,29,32). The number of nitrogens with zero attached hydrogens (tertiary/aromatic N) is 6. The number of aromatic nitrogens is 6. The molecule has 5 rings (SSSR count). The van der Waals surface area contributed by atoms with Crippen molar-refractivity contribution < 1.29 is 9.47 Å². The fraction of sp³-hybridized carbons (Fsp3) is 0.0952. The minimum absolute atomic E-state index is 0.236. The molecule has 170 valence electrons. The Morgan fingerprint density at radius 3 is 2.12 bits per heavy atom. The van der Waals surface area contributed by atoms with Crippen molar-refractivity contribution in [2.45, 2.75) is 26.9 Å². The highest BCUT2D eigenvalue weighted by Gasteiger charge is 2.14. The van der Waals surface area contributed by atoms with Gasteiger partial charge in [0.25, 0.3) is 0 Å². The number of benzene rings is 1. The van der Waals surface area contributed by atoms with E-state index < -0.39 is 0 Å². The number of hydrogen-bond acceptors (Lipinski definition) is 11.